The second kappa shape index (κ2) is 7.08. The Morgan fingerprint density at radius 1 is 1.17 bits per heavy atom. The Bertz CT molecular complexity index is 518. The SMILES string of the molecule is CN(C)CCCN1CCC2(CC1)C(C#N)C(=O)NC(=O)C2C#N. The fourth-order valence-electron chi connectivity index (χ4n) is 3.71. The smallest absolute Gasteiger partial charge is 0.244 e. The highest BCUT2D eigenvalue weighted by atomic mass is 16.2. The van der Waals surface area contributed by atoms with Gasteiger partial charge in [0.1, 0.15) is 11.8 Å². The zero-order chi connectivity index (χ0) is 17.0. The van der Waals surface area contributed by atoms with Crippen molar-refractivity contribution in [3.8, 4) is 12.1 Å². The summed E-state index contributed by atoms with van der Waals surface area (Å²) in [6.07, 6.45) is 2.11. The van der Waals surface area contributed by atoms with Crippen molar-refractivity contribution in [2.45, 2.75) is 19.3 Å². The molecule has 1 spiro atoms. The van der Waals surface area contributed by atoms with E-state index in [0.717, 1.165) is 19.5 Å². The van der Waals surface area contributed by atoms with Gasteiger partial charge in [-0.3, -0.25) is 14.9 Å². The van der Waals surface area contributed by atoms with E-state index in [1.54, 1.807) is 0 Å². The van der Waals surface area contributed by atoms with E-state index in [1.807, 2.05) is 26.2 Å². The number of carbonyl (C=O) groups excluding carboxylic acids is 2. The van der Waals surface area contributed by atoms with Crippen molar-refractivity contribution in [1.29, 1.82) is 10.5 Å². The van der Waals surface area contributed by atoms with Gasteiger partial charge in [-0.15, -0.1) is 0 Å². The van der Waals surface area contributed by atoms with E-state index in [1.165, 1.54) is 0 Å². The third-order valence-corrected chi connectivity index (χ3v) is 5.05. The molecule has 7 heteroatoms. The number of nitrogens with zero attached hydrogens (tertiary/aromatic N) is 4. The van der Waals surface area contributed by atoms with Crippen molar-refractivity contribution in [1.82, 2.24) is 15.1 Å². The quantitative estimate of drug-likeness (QED) is 0.730. The molecule has 2 atom stereocenters. The molecule has 0 aromatic carbocycles. The highest BCUT2D eigenvalue weighted by molar-refractivity contribution is 6.03. The number of hydrogen-bond acceptors (Lipinski definition) is 6. The van der Waals surface area contributed by atoms with Gasteiger partial charge in [-0.05, 0) is 59.5 Å². The lowest BCUT2D eigenvalue weighted by Crippen LogP contribution is -2.60. The third kappa shape index (κ3) is 3.36. The molecule has 1 N–H and O–H groups in total. The van der Waals surface area contributed by atoms with Crippen molar-refractivity contribution in [2.75, 3.05) is 40.3 Å². The van der Waals surface area contributed by atoms with Gasteiger partial charge in [-0.25, -0.2) is 0 Å². The van der Waals surface area contributed by atoms with Crippen molar-refractivity contribution in [3.05, 3.63) is 0 Å². The summed E-state index contributed by atoms with van der Waals surface area (Å²) in [5.41, 5.74) is -0.832. The normalized spacial score (nSPS) is 27.5. The van der Waals surface area contributed by atoms with Crippen molar-refractivity contribution < 1.29 is 9.59 Å². The fourth-order valence-corrected chi connectivity index (χ4v) is 3.71. The number of likely N-dealkylation sites (tertiary alicyclic amines) is 1. The minimum Gasteiger partial charge on any atom is -0.309 e. The molecule has 0 aromatic heterocycles. The molecule has 2 heterocycles. The average molecular weight is 317 g/mol. The molecule has 0 aromatic rings. The maximum Gasteiger partial charge on any atom is 0.244 e. The van der Waals surface area contributed by atoms with E-state index in [4.69, 9.17) is 0 Å². The van der Waals surface area contributed by atoms with Crippen LogP contribution in [0.5, 0.6) is 0 Å². The topological polar surface area (TPSA) is 100 Å². The summed E-state index contributed by atoms with van der Waals surface area (Å²) < 4.78 is 0. The summed E-state index contributed by atoms with van der Waals surface area (Å²) in [6.45, 7) is 3.38. The van der Waals surface area contributed by atoms with Crippen LogP contribution in [0.2, 0.25) is 0 Å². The molecule has 7 nitrogen and oxygen atoms in total. The molecule has 23 heavy (non-hydrogen) atoms. The highest BCUT2D eigenvalue weighted by Gasteiger charge is 2.57. The number of imide groups is 1. The summed E-state index contributed by atoms with van der Waals surface area (Å²) in [5, 5.41) is 21.0. The maximum absolute atomic E-state index is 12.0. The van der Waals surface area contributed by atoms with Gasteiger partial charge in [0.15, 0.2) is 0 Å². The molecule has 0 radical (unpaired) electrons. The Morgan fingerprint density at radius 2 is 1.70 bits per heavy atom. The second-order valence-corrected chi connectivity index (χ2v) is 6.71. The molecule has 2 rings (SSSR count). The van der Waals surface area contributed by atoms with Gasteiger partial charge in [0.2, 0.25) is 11.8 Å². The lowest BCUT2D eigenvalue weighted by atomic mass is 9.59. The van der Waals surface area contributed by atoms with Crippen LogP contribution in [0.15, 0.2) is 0 Å². The molecule has 2 aliphatic heterocycles. The summed E-state index contributed by atoms with van der Waals surface area (Å²) in [5.74, 6) is -2.95. The zero-order valence-corrected chi connectivity index (χ0v) is 13.7. The third-order valence-electron chi connectivity index (χ3n) is 5.05. The molecule has 0 saturated carbocycles. The number of piperidine rings is 2. The van der Waals surface area contributed by atoms with Gasteiger partial charge < -0.3 is 9.80 Å². The summed E-state index contributed by atoms with van der Waals surface area (Å²) in [7, 11) is 4.07. The van der Waals surface area contributed by atoms with Crippen LogP contribution < -0.4 is 5.32 Å². The van der Waals surface area contributed by atoms with Gasteiger partial charge >= 0.3 is 0 Å². The van der Waals surface area contributed by atoms with E-state index in [9.17, 15) is 20.1 Å². The molecular formula is C16H23N5O2. The Kier molecular flexibility index (Phi) is 5.35. The number of nitriles is 2. The molecular weight excluding hydrogens is 294 g/mol. The molecule has 2 saturated heterocycles. The molecule has 2 amide bonds. The van der Waals surface area contributed by atoms with E-state index >= 15 is 0 Å². The number of carbonyl (C=O) groups is 2. The van der Waals surface area contributed by atoms with Crippen molar-refractivity contribution in [3.63, 3.8) is 0 Å². The largest absolute Gasteiger partial charge is 0.309 e. The lowest BCUT2D eigenvalue weighted by molar-refractivity contribution is -0.147. The number of nitrogens with one attached hydrogen (secondary N) is 1. The van der Waals surface area contributed by atoms with Crippen molar-refractivity contribution >= 4 is 11.8 Å². The summed E-state index contributed by atoms with van der Waals surface area (Å²) in [4.78, 5) is 28.5. The van der Waals surface area contributed by atoms with Crippen LogP contribution in [-0.2, 0) is 9.59 Å². The molecule has 0 aliphatic carbocycles. The van der Waals surface area contributed by atoms with E-state index < -0.39 is 29.1 Å². The standard InChI is InChI=1S/C16H23N5O2/c1-20(2)6-3-7-21-8-4-16(5-9-21)12(10-17)14(22)19-15(23)13(16)11-18/h12-13H,3-9H2,1-2H3,(H,19,22,23). The first-order valence-electron chi connectivity index (χ1n) is 7.95. The summed E-state index contributed by atoms with van der Waals surface area (Å²) in [6, 6.07) is 4.06. The first-order valence-corrected chi connectivity index (χ1v) is 7.95. The van der Waals surface area contributed by atoms with E-state index in [-0.39, 0.29) is 0 Å². The van der Waals surface area contributed by atoms with E-state index in [2.05, 4.69) is 15.1 Å². The Morgan fingerprint density at radius 3 is 2.13 bits per heavy atom. The summed E-state index contributed by atoms with van der Waals surface area (Å²) >= 11 is 0. The minimum atomic E-state index is -0.922. The van der Waals surface area contributed by atoms with Crippen LogP contribution in [-0.4, -0.2) is 61.9 Å². The number of hydrogen-bond donors (Lipinski definition) is 1. The predicted molar refractivity (Wildman–Crippen MR) is 82.6 cm³/mol. The first kappa shape index (κ1) is 17.4. The molecule has 2 aliphatic rings. The maximum atomic E-state index is 12.0. The number of amides is 2. The fraction of sp³-hybridized carbons (Fsp3) is 0.750. The highest BCUT2D eigenvalue weighted by Crippen LogP contribution is 2.47. The average Bonchev–Trinajstić information content (AvgIpc) is 2.49. The van der Waals surface area contributed by atoms with Crippen molar-refractivity contribution in [2.24, 2.45) is 17.3 Å². The Hall–Kier alpha value is -1.96. The second-order valence-electron chi connectivity index (χ2n) is 6.71. The van der Waals surface area contributed by atoms with Gasteiger partial charge in [0.25, 0.3) is 0 Å². The van der Waals surface area contributed by atoms with Crippen LogP contribution in [0.1, 0.15) is 19.3 Å². The molecule has 2 unspecified atom stereocenters. The monoisotopic (exact) mass is 317 g/mol. The minimum absolute atomic E-state index is 0.532. The van der Waals surface area contributed by atoms with Gasteiger partial charge in [-0.1, -0.05) is 0 Å². The number of rotatable bonds is 4. The lowest BCUT2D eigenvalue weighted by Gasteiger charge is -2.47. The first-order chi connectivity index (χ1) is 10.9. The molecule has 2 fully saturated rings. The van der Waals surface area contributed by atoms with Gasteiger partial charge in [-0.2, -0.15) is 10.5 Å². The predicted octanol–water partition coefficient (Wildman–Crippen LogP) is -0.0437. The van der Waals surface area contributed by atoms with Gasteiger partial charge in [0.05, 0.1) is 12.1 Å². The van der Waals surface area contributed by atoms with Crippen LogP contribution in [0.4, 0.5) is 0 Å². The zero-order valence-electron chi connectivity index (χ0n) is 13.7. The Labute approximate surface area is 136 Å². The van der Waals surface area contributed by atoms with E-state index in [0.29, 0.717) is 25.9 Å². The Balaban J connectivity index is 2.08. The van der Waals surface area contributed by atoms with Crippen LogP contribution in [0, 0.1) is 39.9 Å². The molecule has 0 bridgehead atoms. The van der Waals surface area contributed by atoms with Crippen LogP contribution >= 0.6 is 0 Å². The van der Waals surface area contributed by atoms with Crippen LogP contribution in [0.25, 0.3) is 0 Å². The van der Waals surface area contributed by atoms with Crippen LogP contribution in [0.3, 0.4) is 0 Å². The molecule has 124 valence electrons. The van der Waals surface area contributed by atoms with Gasteiger partial charge in [0, 0.05) is 5.41 Å².